The fourth-order valence-electron chi connectivity index (χ4n) is 3.09. The number of nitrogens with one attached hydrogen (secondary N) is 1. The molecule has 1 saturated heterocycles. The normalized spacial score (nSPS) is 18.5. The summed E-state index contributed by atoms with van der Waals surface area (Å²) >= 11 is 1.41. The van der Waals surface area contributed by atoms with Gasteiger partial charge >= 0.3 is 0 Å². The minimum atomic E-state index is -0.0307. The number of likely N-dealkylation sites (tertiary alicyclic amines) is 1. The molecule has 0 radical (unpaired) electrons. The van der Waals surface area contributed by atoms with Gasteiger partial charge < -0.3 is 5.32 Å². The molecule has 1 aliphatic rings. The van der Waals surface area contributed by atoms with E-state index in [2.05, 4.69) is 27.1 Å². The van der Waals surface area contributed by atoms with E-state index in [0.29, 0.717) is 17.5 Å². The van der Waals surface area contributed by atoms with Gasteiger partial charge in [0.05, 0.1) is 11.4 Å². The summed E-state index contributed by atoms with van der Waals surface area (Å²) in [4.78, 5) is 24.4. The molecule has 1 unspecified atom stereocenters. The Balaban J connectivity index is 1.58. The summed E-state index contributed by atoms with van der Waals surface area (Å²) in [7, 11) is 0. The molecule has 2 aromatic heterocycles. The summed E-state index contributed by atoms with van der Waals surface area (Å²) in [6.07, 6.45) is 5.58. The molecule has 5 nitrogen and oxygen atoms in total. The average molecular weight is 344 g/mol. The molecule has 3 rings (SSSR count). The summed E-state index contributed by atoms with van der Waals surface area (Å²) in [6.45, 7) is 6.88. The largest absolute Gasteiger partial charge is 0.350 e. The number of carbonyl (C=O) groups excluding carboxylic acids is 1. The maximum Gasteiger partial charge on any atom is 0.263 e. The van der Waals surface area contributed by atoms with Crippen LogP contribution in [0.1, 0.15) is 41.6 Å². The molecule has 3 heterocycles. The molecule has 0 spiro atoms. The highest BCUT2D eigenvalue weighted by atomic mass is 32.1. The summed E-state index contributed by atoms with van der Waals surface area (Å²) in [6, 6.07) is 6.34. The molecular formula is C18H24N4OS. The van der Waals surface area contributed by atoms with E-state index in [1.54, 1.807) is 6.20 Å². The molecule has 1 amide bonds. The van der Waals surface area contributed by atoms with Crippen LogP contribution in [0.5, 0.6) is 0 Å². The molecular weight excluding hydrogens is 320 g/mol. The fraction of sp³-hybridized carbons (Fsp3) is 0.500. The van der Waals surface area contributed by atoms with Gasteiger partial charge in [0.15, 0.2) is 0 Å². The first kappa shape index (κ1) is 17.0. The highest BCUT2D eigenvalue weighted by Gasteiger charge is 2.19. The van der Waals surface area contributed by atoms with Crippen molar-refractivity contribution in [2.24, 2.45) is 0 Å². The molecule has 0 aliphatic carbocycles. The van der Waals surface area contributed by atoms with Gasteiger partial charge in [-0.25, -0.2) is 4.98 Å². The van der Waals surface area contributed by atoms with E-state index in [1.807, 2.05) is 25.1 Å². The van der Waals surface area contributed by atoms with E-state index in [1.165, 1.54) is 30.6 Å². The molecule has 128 valence electrons. The number of hydrogen-bond acceptors (Lipinski definition) is 5. The second kappa shape index (κ2) is 7.85. The number of pyridine rings is 1. The van der Waals surface area contributed by atoms with Crippen LogP contribution in [0.15, 0.2) is 24.4 Å². The minimum absolute atomic E-state index is 0.0307. The van der Waals surface area contributed by atoms with E-state index >= 15 is 0 Å². The van der Waals surface area contributed by atoms with Gasteiger partial charge in [-0.2, -0.15) is 0 Å². The Morgan fingerprint density at radius 2 is 2.29 bits per heavy atom. The lowest BCUT2D eigenvalue weighted by Gasteiger charge is -2.33. The zero-order valence-corrected chi connectivity index (χ0v) is 15.1. The second-order valence-corrected chi connectivity index (χ2v) is 7.28. The first-order valence-corrected chi connectivity index (χ1v) is 9.38. The molecule has 1 aliphatic heterocycles. The van der Waals surface area contributed by atoms with Crippen molar-refractivity contribution in [3.05, 3.63) is 35.0 Å². The van der Waals surface area contributed by atoms with E-state index in [9.17, 15) is 4.79 Å². The van der Waals surface area contributed by atoms with E-state index in [-0.39, 0.29) is 5.91 Å². The maximum absolute atomic E-state index is 12.5. The van der Waals surface area contributed by atoms with Crippen LogP contribution in [0.4, 0.5) is 0 Å². The average Bonchev–Trinajstić information content (AvgIpc) is 2.99. The summed E-state index contributed by atoms with van der Waals surface area (Å²) < 4.78 is 0. The molecule has 1 fully saturated rings. The standard InChI is InChI=1S/C18H24N4OS/c1-13-7-4-6-11-22(13)12-10-20-17(23)16-14(2)21-18(24-16)15-8-3-5-9-19-15/h3,5,8-9,13H,4,6-7,10-12H2,1-2H3,(H,20,23). The topological polar surface area (TPSA) is 58.1 Å². The Hall–Kier alpha value is -1.79. The molecule has 0 bridgehead atoms. The summed E-state index contributed by atoms with van der Waals surface area (Å²) in [5.41, 5.74) is 1.58. The van der Waals surface area contributed by atoms with E-state index < -0.39 is 0 Å². The third-order valence-corrected chi connectivity index (χ3v) is 5.69. The first-order chi connectivity index (χ1) is 11.6. The second-order valence-electron chi connectivity index (χ2n) is 6.29. The van der Waals surface area contributed by atoms with Crippen molar-refractivity contribution in [2.45, 2.75) is 39.2 Å². The molecule has 0 saturated carbocycles. The van der Waals surface area contributed by atoms with Gasteiger partial charge in [-0.05, 0) is 45.4 Å². The minimum Gasteiger partial charge on any atom is -0.350 e. The van der Waals surface area contributed by atoms with Gasteiger partial charge in [0.2, 0.25) is 0 Å². The van der Waals surface area contributed by atoms with Crippen LogP contribution in [0, 0.1) is 6.92 Å². The van der Waals surface area contributed by atoms with Crippen LogP contribution in [-0.4, -0.2) is 46.5 Å². The van der Waals surface area contributed by atoms with Gasteiger partial charge in [-0.15, -0.1) is 11.3 Å². The van der Waals surface area contributed by atoms with Gasteiger partial charge in [0.1, 0.15) is 9.88 Å². The van der Waals surface area contributed by atoms with Crippen molar-refractivity contribution in [1.82, 2.24) is 20.2 Å². The van der Waals surface area contributed by atoms with Crippen molar-refractivity contribution in [3.8, 4) is 10.7 Å². The van der Waals surface area contributed by atoms with Crippen molar-refractivity contribution < 1.29 is 4.79 Å². The number of nitrogens with zero attached hydrogens (tertiary/aromatic N) is 3. The van der Waals surface area contributed by atoms with Crippen LogP contribution < -0.4 is 5.32 Å². The van der Waals surface area contributed by atoms with Crippen molar-refractivity contribution in [3.63, 3.8) is 0 Å². The molecule has 0 aromatic carbocycles. The lowest BCUT2D eigenvalue weighted by atomic mass is 10.0. The van der Waals surface area contributed by atoms with Gasteiger partial charge in [-0.3, -0.25) is 14.7 Å². The third kappa shape index (κ3) is 3.99. The Labute approximate surface area is 147 Å². The van der Waals surface area contributed by atoms with Crippen LogP contribution >= 0.6 is 11.3 Å². The summed E-state index contributed by atoms with van der Waals surface area (Å²) in [5, 5.41) is 3.84. The maximum atomic E-state index is 12.5. The Morgan fingerprint density at radius 1 is 1.42 bits per heavy atom. The lowest BCUT2D eigenvalue weighted by molar-refractivity contribution is 0.0941. The predicted octanol–water partition coefficient (Wildman–Crippen LogP) is 3.12. The van der Waals surface area contributed by atoms with Crippen LogP contribution in [0.25, 0.3) is 10.7 Å². The number of amides is 1. The number of aryl methyl sites for hydroxylation is 1. The predicted molar refractivity (Wildman–Crippen MR) is 97.3 cm³/mol. The van der Waals surface area contributed by atoms with Crippen molar-refractivity contribution in [2.75, 3.05) is 19.6 Å². The quantitative estimate of drug-likeness (QED) is 0.905. The number of rotatable bonds is 5. The number of carbonyl (C=O) groups is 1. The third-order valence-electron chi connectivity index (χ3n) is 4.51. The number of aromatic nitrogens is 2. The molecule has 24 heavy (non-hydrogen) atoms. The lowest BCUT2D eigenvalue weighted by Crippen LogP contribution is -2.42. The Bertz CT molecular complexity index is 686. The number of piperidine rings is 1. The van der Waals surface area contributed by atoms with Crippen molar-refractivity contribution in [1.29, 1.82) is 0 Å². The van der Waals surface area contributed by atoms with Crippen molar-refractivity contribution >= 4 is 17.2 Å². The van der Waals surface area contributed by atoms with Gasteiger partial charge in [0, 0.05) is 25.3 Å². The molecule has 2 aromatic rings. The van der Waals surface area contributed by atoms with E-state index in [4.69, 9.17) is 0 Å². The van der Waals surface area contributed by atoms with Crippen LogP contribution in [0.2, 0.25) is 0 Å². The number of hydrogen-bond donors (Lipinski definition) is 1. The molecule has 1 atom stereocenters. The summed E-state index contributed by atoms with van der Waals surface area (Å²) in [5.74, 6) is -0.0307. The molecule has 6 heteroatoms. The Morgan fingerprint density at radius 3 is 3.04 bits per heavy atom. The number of thiazole rings is 1. The zero-order valence-electron chi connectivity index (χ0n) is 14.3. The van der Waals surface area contributed by atoms with Gasteiger partial charge in [0.25, 0.3) is 5.91 Å². The first-order valence-electron chi connectivity index (χ1n) is 8.56. The van der Waals surface area contributed by atoms with Gasteiger partial charge in [-0.1, -0.05) is 12.5 Å². The fourth-order valence-corrected chi connectivity index (χ4v) is 4.05. The highest BCUT2D eigenvalue weighted by Crippen LogP contribution is 2.26. The highest BCUT2D eigenvalue weighted by molar-refractivity contribution is 7.17. The van der Waals surface area contributed by atoms with E-state index in [0.717, 1.165) is 29.5 Å². The van der Waals surface area contributed by atoms with Crippen LogP contribution in [-0.2, 0) is 0 Å². The monoisotopic (exact) mass is 344 g/mol. The SMILES string of the molecule is Cc1nc(-c2ccccn2)sc1C(=O)NCCN1CCCCC1C. The Kier molecular flexibility index (Phi) is 5.58. The smallest absolute Gasteiger partial charge is 0.263 e. The zero-order chi connectivity index (χ0) is 16.9. The molecule has 1 N–H and O–H groups in total. The van der Waals surface area contributed by atoms with Crippen LogP contribution in [0.3, 0.4) is 0 Å².